The van der Waals surface area contributed by atoms with Gasteiger partial charge in [0.25, 0.3) is 0 Å². The van der Waals surface area contributed by atoms with E-state index in [-0.39, 0.29) is 6.79 Å². The van der Waals surface area contributed by atoms with Crippen LogP contribution in [0.5, 0.6) is 11.5 Å². The first-order chi connectivity index (χ1) is 13.7. The molecule has 4 nitrogen and oxygen atoms in total. The van der Waals surface area contributed by atoms with Crippen LogP contribution in [-0.2, 0) is 9.53 Å². The summed E-state index contributed by atoms with van der Waals surface area (Å²) >= 11 is 0. The highest BCUT2D eigenvalue weighted by Gasteiger charge is 2.02. The van der Waals surface area contributed by atoms with E-state index in [0.29, 0.717) is 5.75 Å². The molecule has 150 valence electrons. The lowest BCUT2D eigenvalue weighted by atomic mass is 10.1. The number of carbonyl (C=O) groups is 1. The summed E-state index contributed by atoms with van der Waals surface area (Å²) in [6.07, 6.45) is 8.69. The van der Waals surface area contributed by atoms with Crippen molar-refractivity contribution in [3.05, 3.63) is 61.2 Å². The Hall–Kier alpha value is -2.75. The Morgan fingerprint density at radius 1 is 0.821 bits per heavy atom. The van der Waals surface area contributed by atoms with Crippen LogP contribution in [-0.4, -0.2) is 19.4 Å². The zero-order chi connectivity index (χ0) is 20.0. The fraction of sp³-hybridized carbons (Fsp3) is 0.375. The summed E-state index contributed by atoms with van der Waals surface area (Å²) in [4.78, 5) is 11.0. The van der Waals surface area contributed by atoms with Gasteiger partial charge >= 0.3 is 5.97 Å². The van der Waals surface area contributed by atoms with Crippen molar-refractivity contribution >= 4 is 5.97 Å². The van der Waals surface area contributed by atoms with E-state index in [1.807, 2.05) is 36.4 Å². The number of hydrogen-bond donors (Lipinski definition) is 0. The molecule has 0 heterocycles. The van der Waals surface area contributed by atoms with Crippen LogP contribution < -0.4 is 9.47 Å². The second kappa shape index (κ2) is 12.6. The van der Waals surface area contributed by atoms with Crippen LogP contribution in [0.3, 0.4) is 0 Å². The third-order valence-electron chi connectivity index (χ3n) is 4.40. The van der Waals surface area contributed by atoms with Gasteiger partial charge in [0.2, 0.25) is 6.79 Å². The lowest BCUT2D eigenvalue weighted by Crippen LogP contribution is -2.07. The number of esters is 1. The number of rotatable bonds is 13. The van der Waals surface area contributed by atoms with Gasteiger partial charge < -0.3 is 14.2 Å². The van der Waals surface area contributed by atoms with Crippen LogP contribution in [0.15, 0.2) is 61.2 Å². The van der Waals surface area contributed by atoms with Crippen molar-refractivity contribution in [3.63, 3.8) is 0 Å². The highest BCUT2D eigenvalue weighted by molar-refractivity contribution is 5.81. The summed E-state index contributed by atoms with van der Waals surface area (Å²) in [6, 6.07) is 15.8. The van der Waals surface area contributed by atoms with Crippen molar-refractivity contribution in [3.8, 4) is 22.6 Å². The van der Waals surface area contributed by atoms with E-state index in [2.05, 4.69) is 25.6 Å². The van der Waals surface area contributed by atoms with Gasteiger partial charge in [-0.1, -0.05) is 69.9 Å². The van der Waals surface area contributed by atoms with Gasteiger partial charge in [0.05, 0.1) is 6.61 Å². The lowest BCUT2D eigenvalue weighted by Gasteiger charge is -2.09. The van der Waals surface area contributed by atoms with Crippen molar-refractivity contribution < 1.29 is 19.0 Å². The molecule has 0 fully saturated rings. The molecule has 0 saturated carbocycles. The van der Waals surface area contributed by atoms with E-state index < -0.39 is 5.97 Å². The predicted octanol–water partition coefficient (Wildman–Crippen LogP) is 6.16. The van der Waals surface area contributed by atoms with Crippen LogP contribution >= 0.6 is 0 Å². The van der Waals surface area contributed by atoms with Crippen molar-refractivity contribution in [2.45, 2.75) is 45.4 Å². The van der Waals surface area contributed by atoms with Crippen LogP contribution in [0.1, 0.15) is 45.4 Å². The van der Waals surface area contributed by atoms with Gasteiger partial charge in [-0.15, -0.1) is 0 Å². The standard InChI is InChI=1S/C24H30O4/c1-3-5-6-7-8-9-18-26-22-14-10-20(11-15-22)21-12-16-23(17-13-21)27-19-28-24(25)4-2/h4,10-17H,2-3,5-9,18-19H2,1H3. The molecule has 0 aromatic heterocycles. The van der Waals surface area contributed by atoms with Gasteiger partial charge in [-0.2, -0.15) is 0 Å². The Bertz CT molecular complexity index is 704. The normalized spacial score (nSPS) is 10.3. The molecule has 0 radical (unpaired) electrons. The molecule has 0 atom stereocenters. The van der Waals surface area contributed by atoms with E-state index in [4.69, 9.17) is 14.2 Å². The van der Waals surface area contributed by atoms with Crippen LogP contribution in [0, 0.1) is 0 Å². The molecular formula is C24H30O4. The summed E-state index contributed by atoms with van der Waals surface area (Å²) in [5, 5.41) is 0. The number of benzene rings is 2. The minimum absolute atomic E-state index is 0.130. The van der Waals surface area contributed by atoms with E-state index in [1.54, 1.807) is 0 Å². The molecule has 0 N–H and O–H groups in total. The molecule has 0 aliphatic heterocycles. The highest BCUT2D eigenvalue weighted by Crippen LogP contribution is 2.24. The number of unbranched alkanes of at least 4 members (excludes halogenated alkanes) is 5. The maximum Gasteiger partial charge on any atom is 0.333 e. The molecular weight excluding hydrogens is 352 g/mol. The highest BCUT2D eigenvalue weighted by atomic mass is 16.7. The summed E-state index contributed by atoms with van der Waals surface area (Å²) in [5.74, 6) is 1.04. The minimum atomic E-state index is -0.504. The smallest absolute Gasteiger partial charge is 0.333 e. The first kappa shape index (κ1) is 21.5. The third-order valence-corrected chi connectivity index (χ3v) is 4.40. The summed E-state index contributed by atoms with van der Waals surface area (Å²) in [7, 11) is 0. The van der Waals surface area contributed by atoms with Gasteiger partial charge in [0.15, 0.2) is 0 Å². The van der Waals surface area contributed by atoms with Crippen LogP contribution in [0.4, 0.5) is 0 Å². The Morgan fingerprint density at radius 2 is 1.36 bits per heavy atom. The van der Waals surface area contributed by atoms with Gasteiger partial charge in [0, 0.05) is 6.08 Å². The molecule has 2 rings (SSSR count). The molecule has 0 aliphatic carbocycles. The van der Waals surface area contributed by atoms with Crippen molar-refractivity contribution in [1.82, 2.24) is 0 Å². The number of carbonyl (C=O) groups excluding carboxylic acids is 1. The zero-order valence-corrected chi connectivity index (χ0v) is 16.7. The summed E-state index contributed by atoms with van der Waals surface area (Å²) < 4.78 is 16.0. The number of hydrogen-bond acceptors (Lipinski definition) is 4. The van der Waals surface area contributed by atoms with E-state index >= 15 is 0 Å². The van der Waals surface area contributed by atoms with E-state index in [0.717, 1.165) is 36.0 Å². The fourth-order valence-corrected chi connectivity index (χ4v) is 2.77. The maximum atomic E-state index is 11.0. The lowest BCUT2D eigenvalue weighted by molar-refractivity contribution is -0.144. The molecule has 28 heavy (non-hydrogen) atoms. The largest absolute Gasteiger partial charge is 0.494 e. The number of ether oxygens (including phenoxy) is 3. The molecule has 0 unspecified atom stereocenters. The molecule has 0 aliphatic rings. The quantitative estimate of drug-likeness (QED) is 0.180. The van der Waals surface area contributed by atoms with E-state index in [1.165, 1.54) is 32.1 Å². The zero-order valence-electron chi connectivity index (χ0n) is 16.7. The second-order valence-electron chi connectivity index (χ2n) is 6.59. The van der Waals surface area contributed by atoms with Gasteiger partial charge in [-0.05, 0) is 41.8 Å². The Labute approximate surface area is 168 Å². The fourth-order valence-electron chi connectivity index (χ4n) is 2.77. The molecule has 2 aromatic carbocycles. The second-order valence-corrected chi connectivity index (χ2v) is 6.59. The topological polar surface area (TPSA) is 44.8 Å². The molecule has 2 aromatic rings. The predicted molar refractivity (Wildman–Crippen MR) is 113 cm³/mol. The van der Waals surface area contributed by atoms with Gasteiger partial charge in [-0.3, -0.25) is 0 Å². The maximum absolute atomic E-state index is 11.0. The van der Waals surface area contributed by atoms with Gasteiger partial charge in [0.1, 0.15) is 11.5 Å². The van der Waals surface area contributed by atoms with Crippen molar-refractivity contribution in [2.24, 2.45) is 0 Å². The third kappa shape index (κ3) is 7.87. The molecule has 0 amide bonds. The Morgan fingerprint density at radius 3 is 1.93 bits per heavy atom. The Kier molecular flexibility index (Phi) is 9.70. The van der Waals surface area contributed by atoms with Crippen LogP contribution in [0.25, 0.3) is 11.1 Å². The molecule has 0 spiro atoms. The summed E-state index contributed by atoms with van der Waals surface area (Å²) in [5.41, 5.74) is 2.19. The molecule has 4 heteroatoms. The minimum Gasteiger partial charge on any atom is -0.494 e. The molecule has 0 saturated heterocycles. The molecule has 0 bridgehead atoms. The van der Waals surface area contributed by atoms with Gasteiger partial charge in [-0.25, -0.2) is 4.79 Å². The van der Waals surface area contributed by atoms with E-state index in [9.17, 15) is 4.79 Å². The van der Waals surface area contributed by atoms with Crippen LogP contribution in [0.2, 0.25) is 0 Å². The van der Waals surface area contributed by atoms with Crippen molar-refractivity contribution in [2.75, 3.05) is 13.4 Å². The SMILES string of the molecule is C=CC(=O)OCOc1ccc(-c2ccc(OCCCCCCCC)cc2)cc1. The Balaban J connectivity index is 1.74. The average molecular weight is 383 g/mol. The monoisotopic (exact) mass is 382 g/mol. The van der Waals surface area contributed by atoms with Crippen molar-refractivity contribution in [1.29, 1.82) is 0 Å². The average Bonchev–Trinajstić information content (AvgIpc) is 2.74. The first-order valence-electron chi connectivity index (χ1n) is 9.98. The summed E-state index contributed by atoms with van der Waals surface area (Å²) in [6.45, 7) is 6.21. The first-order valence-corrected chi connectivity index (χ1v) is 9.98.